The van der Waals surface area contributed by atoms with Gasteiger partial charge in [-0.15, -0.1) is 0 Å². The van der Waals surface area contributed by atoms with E-state index in [1.807, 2.05) is 0 Å². The van der Waals surface area contributed by atoms with Crippen molar-refractivity contribution in [3.63, 3.8) is 0 Å². The van der Waals surface area contributed by atoms with Crippen LogP contribution < -0.4 is 5.32 Å². The Kier molecular flexibility index (Phi) is 3.87. The van der Waals surface area contributed by atoms with Crippen LogP contribution in [0.3, 0.4) is 0 Å². The molecular formula is C15H18N4O3. The normalized spacial score (nSPS) is 25.8. The number of carbonyl (C=O) groups excluding carboxylic acids is 3. The second-order valence-corrected chi connectivity index (χ2v) is 5.84. The molecule has 22 heavy (non-hydrogen) atoms. The molecule has 1 aromatic rings. The molecule has 116 valence electrons. The summed E-state index contributed by atoms with van der Waals surface area (Å²) in [6, 6.07) is 0.782. The highest BCUT2D eigenvalue weighted by atomic mass is 16.2. The first-order valence-corrected chi connectivity index (χ1v) is 7.54. The highest BCUT2D eigenvalue weighted by Gasteiger charge is 2.50. The van der Waals surface area contributed by atoms with Crippen molar-refractivity contribution < 1.29 is 14.4 Å². The van der Waals surface area contributed by atoms with Crippen LogP contribution in [0.15, 0.2) is 18.5 Å². The smallest absolute Gasteiger partial charge is 0.247 e. The van der Waals surface area contributed by atoms with Gasteiger partial charge in [0.25, 0.3) is 0 Å². The van der Waals surface area contributed by atoms with E-state index in [2.05, 4.69) is 15.5 Å². The van der Waals surface area contributed by atoms with Crippen LogP contribution in [0.1, 0.15) is 32.6 Å². The maximum absolute atomic E-state index is 12.5. The summed E-state index contributed by atoms with van der Waals surface area (Å²) in [4.78, 5) is 38.3. The molecule has 2 aliphatic rings. The van der Waals surface area contributed by atoms with Crippen molar-refractivity contribution in [1.82, 2.24) is 15.1 Å². The summed E-state index contributed by atoms with van der Waals surface area (Å²) in [5.74, 6) is -1.28. The van der Waals surface area contributed by atoms with E-state index < -0.39 is 11.9 Å². The van der Waals surface area contributed by atoms with Gasteiger partial charge in [0, 0.05) is 0 Å². The summed E-state index contributed by atoms with van der Waals surface area (Å²) in [5.41, 5.74) is 0.489. The number of likely N-dealkylation sites (tertiary alicyclic amines) is 1. The van der Waals surface area contributed by atoms with Crippen LogP contribution in [-0.4, -0.2) is 38.9 Å². The minimum Gasteiger partial charge on any atom is -0.323 e. The van der Waals surface area contributed by atoms with Gasteiger partial charge in [-0.05, 0) is 25.8 Å². The highest BCUT2D eigenvalue weighted by Crippen LogP contribution is 2.38. The lowest BCUT2D eigenvalue weighted by Crippen LogP contribution is -2.46. The Morgan fingerprint density at radius 2 is 1.86 bits per heavy atom. The van der Waals surface area contributed by atoms with Crippen molar-refractivity contribution in [1.29, 1.82) is 0 Å². The minimum absolute atomic E-state index is 0.204. The summed E-state index contributed by atoms with van der Waals surface area (Å²) in [7, 11) is 0. The SMILES string of the molecule is CC(C(=O)Nc1ccnnc1)N1C(=O)C2CCCCC2C1=O. The third-order valence-corrected chi connectivity index (χ3v) is 4.49. The molecule has 1 saturated carbocycles. The van der Waals surface area contributed by atoms with Crippen LogP contribution in [0.5, 0.6) is 0 Å². The lowest BCUT2D eigenvalue weighted by molar-refractivity contribution is -0.146. The van der Waals surface area contributed by atoms with Crippen molar-refractivity contribution in [2.75, 3.05) is 5.32 Å². The van der Waals surface area contributed by atoms with Gasteiger partial charge in [-0.2, -0.15) is 10.2 Å². The van der Waals surface area contributed by atoms with Gasteiger partial charge in [-0.25, -0.2) is 0 Å². The monoisotopic (exact) mass is 302 g/mol. The van der Waals surface area contributed by atoms with Crippen molar-refractivity contribution in [2.45, 2.75) is 38.6 Å². The average molecular weight is 302 g/mol. The Labute approximate surface area is 128 Å². The molecule has 3 amide bonds. The second kappa shape index (κ2) is 5.82. The van der Waals surface area contributed by atoms with E-state index in [0.717, 1.165) is 30.6 Å². The number of imide groups is 1. The average Bonchev–Trinajstić information content (AvgIpc) is 2.79. The molecule has 7 heteroatoms. The lowest BCUT2D eigenvalue weighted by Gasteiger charge is -2.22. The number of nitrogens with zero attached hydrogens (tertiary/aromatic N) is 3. The standard InChI is InChI=1S/C15H18N4O3/c1-9(13(20)18-10-6-7-16-17-8-10)19-14(21)11-4-2-3-5-12(11)15(19)22/h6-9,11-12H,2-5H2,1H3,(H,16,18,20). The number of amides is 3. The van der Waals surface area contributed by atoms with Gasteiger partial charge < -0.3 is 5.32 Å². The zero-order valence-electron chi connectivity index (χ0n) is 12.4. The van der Waals surface area contributed by atoms with Gasteiger partial charge in [0.1, 0.15) is 6.04 Å². The van der Waals surface area contributed by atoms with E-state index in [0.29, 0.717) is 5.69 Å². The number of fused-ring (bicyclic) bond motifs is 1. The first kappa shape index (κ1) is 14.6. The van der Waals surface area contributed by atoms with E-state index in [1.54, 1.807) is 13.0 Å². The quantitative estimate of drug-likeness (QED) is 0.840. The Balaban J connectivity index is 1.74. The van der Waals surface area contributed by atoms with E-state index in [4.69, 9.17) is 0 Å². The Bertz CT molecular complexity index is 580. The number of carbonyl (C=O) groups is 3. The van der Waals surface area contributed by atoms with E-state index in [-0.39, 0.29) is 23.7 Å². The molecule has 0 aromatic carbocycles. The van der Waals surface area contributed by atoms with Crippen LogP contribution in [0, 0.1) is 11.8 Å². The van der Waals surface area contributed by atoms with Gasteiger partial charge in [-0.1, -0.05) is 12.8 Å². The fourth-order valence-electron chi connectivity index (χ4n) is 3.30. The molecule has 2 fully saturated rings. The number of hydrogen-bond donors (Lipinski definition) is 1. The predicted octanol–water partition coefficient (Wildman–Crippen LogP) is 0.979. The summed E-state index contributed by atoms with van der Waals surface area (Å²) >= 11 is 0. The van der Waals surface area contributed by atoms with Gasteiger partial charge in [-0.3, -0.25) is 19.3 Å². The van der Waals surface area contributed by atoms with Crippen LogP contribution in [0.4, 0.5) is 5.69 Å². The molecule has 2 heterocycles. The zero-order chi connectivity index (χ0) is 15.7. The van der Waals surface area contributed by atoms with E-state index >= 15 is 0 Å². The highest BCUT2D eigenvalue weighted by molar-refractivity contribution is 6.09. The first-order valence-electron chi connectivity index (χ1n) is 7.54. The fourth-order valence-corrected chi connectivity index (χ4v) is 3.30. The number of nitrogens with one attached hydrogen (secondary N) is 1. The molecule has 1 saturated heterocycles. The fraction of sp³-hybridized carbons (Fsp3) is 0.533. The summed E-state index contributed by atoms with van der Waals surface area (Å²) in [6.45, 7) is 1.58. The molecule has 0 bridgehead atoms. The molecule has 3 atom stereocenters. The molecular weight excluding hydrogens is 284 g/mol. The summed E-state index contributed by atoms with van der Waals surface area (Å²) in [5, 5.41) is 9.95. The van der Waals surface area contributed by atoms with Crippen molar-refractivity contribution in [3.05, 3.63) is 18.5 Å². The first-order chi connectivity index (χ1) is 10.6. The molecule has 1 N–H and O–H groups in total. The number of aromatic nitrogens is 2. The van der Waals surface area contributed by atoms with Gasteiger partial charge >= 0.3 is 0 Å². The third kappa shape index (κ3) is 2.47. The van der Waals surface area contributed by atoms with Crippen LogP contribution in [-0.2, 0) is 14.4 Å². The van der Waals surface area contributed by atoms with Crippen LogP contribution in [0.2, 0.25) is 0 Å². The van der Waals surface area contributed by atoms with Crippen LogP contribution in [0.25, 0.3) is 0 Å². The van der Waals surface area contributed by atoms with E-state index in [1.165, 1.54) is 12.4 Å². The molecule has 0 spiro atoms. The van der Waals surface area contributed by atoms with Gasteiger partial charge in [0.2, 0.25) is 17.7 Å². The molecule has 1 aliphatic heterocycles. The maximum Gasteiger partial charge on any atom is 0.247 e. The number of anilines is 1. The van der Waals surface area contributed by atoms with Crippen molar-refractivity contribution in [3.8, 4) is 0 Å². The van der Waals surface area contributed by atoms with Crippen molar-refractivity contribution in [2.24, 2.45) is 11.8 Å². The predicted molar refractivity (Wildman–Crippen MR) is 77.4 cm³/mol. The molecule has 1 aliphatic carbocycles. The number of rotatable bonds is 3. The molecule has 0 radical (unpaired) electrons. The largest absolute Gasteiger partial charge is 0.323 e. The Morgan fingerprint density at radius 1 is 1.23 bits per heavy atom. The molecule has 1 aromatic heterocycles. The molecule has 7 nitrogen and oxygen atoms in total. The Hall–Kier alpha value is -2.31. The molecule has 3 rings (SSSR count). The molecule has 3 unspecified atom stereocenters. The topological polar surface area (TPSA) is 92.3 Å². The Morgan fingerprint density at radius 3 is 2.41 bits per heavy atom. The van der Waals surface area contributed by atoms with Gasteiger partial charge in [0.15, 0.2) is 0 Å². The maximum atomic E-state index is 12.5. The van der Waals surface area contributed by atoms with E-state index in [9.17, 15) is 14.4 Å². The second-order valence-electron chi connectivity index (χ2n) is 5.84. The summed E-state index contributed by atoms with van der Waals surface area (Å²) in [6.07, 6.45) is 6.30. The summed E-state index contributed by atoms with van der Waals surface area (Å²) < 4.78 is 0. The van der Waals surface area contributed by atoms with Crippen LogP contribution >= 0.6 is 0 Å². The lowest BCUT2D eigenvalue weighted by atomic mass is 9.81. The van der Waals surface area contributed by atoms with Crippen molar-refractivity contribution >= 4 is 23.4 Å². The zero-order valence-corrected chi connectivity index (χ0v) is 12.4. The van der Waals surface area contributed by atoms with Gasteiger partial charge in [0.05, 0.1) is 29.9 Å². The minimum atomic E-state index is -0.821. The third-order valence-electron chi connectivity index (χ3n) is 4.49. The number of hydrogen-bond acceptors (Lipinski definition) is 5.